The van der Waals surface area contributed by atoms with Crippen molar-refractivity contribution in [3.8, 4) is 6.07 Å². The average molecular weight is 544 g/mol. The molecule has 0 spiro atoms. The van der Waals surface area contributed by atoms with Crippen molar-refractivity contribution in [3.05, 3.63) is 0 Å². The number of hydrogen-bond donors (Lipinski definition) is 4. The van der Waals surface area contributed by atoms with Crippen LogP contribution in [0.2, 0.25) is 0 Å². The molecule has 0 aromatic carbocycles. The van der Waals surface area contributed by atoms with Crippen LogP contribution in [0.1, 0.15) is 33.6 Å². The van der Waals surface area contributed by atoms with E-state index in [1.54, 1.807) is 26.1 Å². The van der Waals surface area contributed by atoms with Gasteiger partial charge in [0.1, 0.15) is 24.7 Å². The van der Waals surface area contributed by atoms with Crippen LogP contribution in [0.3, 0.4) is 0 Å². The second-order valence-corrected chi connectivity index (χ2v) is 11.5. The van der Waals surface area contributed by atoms with Crippen LogP contribution in [0.4, 0.5) is 18.0 Å². The molecule has 11 nitrogen and oxygen atoms in total. The molecule has 3 heterocycles. The second-order valence-electron chi connectivity index (χ2n) is 11.5. The molecule has 38 heavy (non-hydrogen) atoms. The van der Waals surface area contributed by atoms with Crippen molar-refractivity contribution in [3.63, 3.8) is 0 Å². The summed E-state index contributed by atoms with van der Waals surface area (Å²) in [6.45, 7) is 5.36. The van der Waals surface area contributed by atoms with Gasteiger partial charge < -0.3 is 31.1 Å². The molecule has 3 aliphatic rings. The maximum absolute atomic E-state index is 13.8. The number of fused-ring (bicyclic) bond motifs is 1. The molecule has 0 radical (unpaired) electrons. The van der Waals surface area contributed by atoms with Gasteiger partial charge in [-0.3, -0.25) is 14.4 Å². The van der Waals surface area contributed by atoms with Gasteiger partial charge in [-0.25, -0.2) is 4.79 Å². The third kappa shape index (κ3) is 7.06. The molecule has 6 atom stereocenters. The zero-order valence-corrected chi connectivity index (χ0v) is 22.0. The molecule has 3 aliphatic heterocycles. The van der Waals surface area contributed by atoms with Crippen LogP contribution >= 0.6 is 0 Å². The lowest BCUT2D eigenvalue weighted by Gasteiger charge is -2.36. The van der Waals surface area contributed by atoms with Gasteiger partial charge in [0, 0.05) is 38.0 Å². The predicted molar refractivity (Wildman–Crippen MR) is 129 cm³/mol. The van der Waals surface area contributed by atoms with E-state index in [1.807, 2.05) is 18.0 Å². The Balaban J connectivity index is 1.79. The third-order valence-electron chi connectivity index (χ3n) is 7.39. The number of carbonyl (C=O) groups is 4. The van der Waals surface area contributed by atoms with Crippen LogP contribution in [0, 0.1) is 34.5 Å². The van der Waals surface area contributed by atoms with E-state index in [4.69, 9.17) is 0 Å². The van der Waals surface area contributed by atoms with Crippen molar-refractivity contribution in [2.75, 3.05) is 39.8 Å². The Morgan fingerprint density at radius 1 is 1.16 bits per heavy atom. The Morgan fingerprint density at radius 3 is 2.39 bits per heavy atom. The molecule has 0 aliphatic carbocycles. The Kier molecular flexibility index (Phi) is 8.80. The lowest BCUT2D eigenvalue weighted by Crippen LogP contribution is -2.60. The van der Waals surface area contributed by atoms with E-state index >= 15 is 0 Å². The maximum atomic E-state index is 13.8. The van der Waals surface area contributed by atoms with Crippen molar-refractivity contribution in [1.29, 1.82) is 5.26 Å². The first-order valence-corrected chi connectivity index (χ1v) is 12.7. The first-order valence-electron chi connectivity index (χ1n) is 12.7. The Morgan fingerprint density at radius 2 is 1.84 bits per heavy atom. The summed E-state index contributed by atoms with van der Waals surface area (Å²) in [6.07, 6.45) is -3.91. The van der Waals surface area contributed by atoms with E-state index in [0.29, 0.717) is 26.1 Å². The molecule has 0 saturated carbocycles. The largest absolute Gasteiger partial charge is 0.405 e. The number of nitrogens with zero attached hydrogens (tertiary/aromatic N) is 3. The van der Waals surface area contributed by atoms with Gasteiger partial charge in [-0.15, -0.1) is 0 Å². The minimum Gasteiger partial charge on any atom is -0.356 e. The van der Waals surface area contributed by atoms with Gasteiger partial charge >= 0.3 is 12.2 Å². The molecule has 0 bridgehead atoms. The van der Waals surface area contributed by atoms with Gasteiger partial charge in [0.15, 0.2) is 0 Å². The summed E-state index contributed by atoms with van der Waals surface area (Å²) < 4.78 is 37.7. The quantitative estimate of drug-likeness (QED) is 0.361. The SMILES string of the molecule is CN1C[C@H]2CN(C(=O)[C@@H](NC(=O)NCC(F)(F)F)C(C)(C)C)[C@H](C(=O)N[C@H](C#N)C[C@@H]3CCNC3=O)[C@H]2C1. The number of carbonyl (C=O) groups excluding carboxylic acids is 4. The number of nitrogens with one attached hydrogen (secondary N) is 4. The molecule has 14 heteroatoms. The van der Waals surface area contributed by atoms with Crippen LogP contribution in [0.5, 0.6) is 0 Å². The fourth-order valence-electron chi connectivity index (χ4n) is 5.56. The van der Waals surface area contributed by atoms with E-state index < -0.39 is 60.0 Å². The third-order valence-corrected chi connectivity index (χ3v) is 7.39. The number of alkyl halides is 3. The molecule has 3 rings (SSSR count). The highest BCUT2D eigenvalue weighted by atomic mass is 19.4. The van der Waals surface area contributed by atoms with E-state index in [1.165, 1.54) is 4.90 Å². The van der Waals surface area contributed by atoms with E-state index in [9.17, 15) is 37.6 Å². The molecule has 3 fully saturated rings. The number of likely N-dealkylation sites (tertiary alicyclic amines) is 2. The lowest BCUT2D eigenvalue weighted by molar-refractivity contribution is -0.143. The number of hydrogen-bond acceptors (Lipinski definition) is 6. The highest BCUT2D eigenvalue weighted by Crippen LogP contribution is 2.37. The molecule has 3 saturated heterocycles. The van der Waals surface area contributed by atoms with Gasteiger partial charge in [0.05, 0.1) is 6.07 Å². The van der Waals surface area contributed by atoms with E-state index in [-0.39, 0.29) is 30.7 Å². The number of halogens is 3. The highest BCUT2D eigenvalue weighted by molar-refractivity contribution is 5.93. The summed E-state index contributed by atoms with van der Waals surface area (Å²) in [5, 5.41) is 19.1. The summed E-state index contributed by atoms with van der Waals surface area (Å²) in [4.78, 5) is 55.0. The molecule has 0 aromatic heterocycles. The van der Waals surface area contributed by atoms with E-state index in [0.717, 1.165) is 0 Å². The van der Waals surface area contributed by atoms with Crippen molar-refractivity contribution >= 4 is 23.8 Å². The number of nitriles is 1. The Hall–Kier alpha value is -3.08. The zero-order chi connectivity index (χ0) is 28.4. The molecule has 4 N–H and O–H groups in total. The number of rotatable bonds is 7. The van der Waals surface area contributed by atoms with Gasteiger partial charge in [-0.05, 0) is 31.2 Å². The van der Waals surface area contributed by atoms with Crippen LogP contribution in [0.15, 0.2) is 0 Å². The van der Waals surface area contributed by atoms with Gasteiger partial charge in [0.25, 0.3) is 0 Å². The first kappa shape index (κ1) is 29.5. The van der Waals surface area contributed by atoms with Crippen LogP contribution in [-0.4, -0.2) is 97.6 Å². The Labute approximate surface area is 219 Å². The average Bonchev–Trinajstić information content (AvgIpc) is 3.47. The normalized spacial score (nSPS) is 27.2. The monoisotopic (exact) mass is 543 g/mol. The molecule has 212 valence electrons. The summed E-state index contributed by atoms with van der Waals surface area (Å²) in [7, 11) is 1.90. The summed E-state index contributed by atoms with van der Waals surface area (Å²) >= 11 is 0. The smallest absolute Gasteiger partial charge is 0.356 e. The zero-order valence-electron chi connectivity index (χ0n) is 22.0. The summed E-state index contributed by atoms with van der Waals surface area (Å²) in [5.74, 6) is -1.92. The minimum absolute atomic E-state index is 0.0273. The number of urea groups is 1. The van der Waals surface area contributed by atoms with Crippen LogP contribution in [-0.2, 0) is 14.4 Å². The predicted octanol–water partition coefficient (Wildman–Crippen LogP) is 0.186. The molecular weight excluding hydrogens is 507 g/mol. The molecule has 0 aromatic rings. The van der Waals surface area contributed by atoms with Gasteiger partial charge in [0.2, 0.25) is 17.7 Å². The van der Waals surface area contributed by atoms with Crippen molar-refractivity contribution in [1.82, 2.24) is 31.1 Å². The number of amides is 5. The first-order chi connectivity index (χ1) is 17.6. The maximum Gasteiger partial charge on any atom is 0.405 e. The second kappa shape index (κ2) is 11.3. The molecular formula is C24H36F3N7O4. The lowest BCUT2D eigenvalue weighted by atomic mass is 9.85. The van der Waals surface area contributed by atoms with Crippen molar-refractivity contribution < 1.29 is 32.3 Å². The highest BCUT2D eigenvalue weighted by Gasteiger charge is 2.53. The van der Waals surface area contributed by atoms with Gasteiger partial charge in [-0.1, -0.05) is 20.8 Å². The van der Waals surface area contributed by atoms with Crippen molar-refractivity contribution in [2.24, 2.45) is 23.2 Å². The van der Waals surface area contributed by atoms with E-state index in [2.05, 4.69) is 16.0 Å². The molecule has 5 amide bonds. The fraction of sp³-hybridized carbons (Fsp3) is 0.792. The standard InChI is InChI=1S/C24H36F3N7O4/c1-23(2,3)18(32-22(38)30-12-24(25,26)27)21(37)34-10-14-9-33(4)11-16(14)17(34)20(36)31-15(8-28)7-13-5-6-29-19(13)35/h13-18H,5-7,9-12H2,1-4H3,(H,29,35)(H,31,36)(H2,30,32,38)/t13-,14-,15-,16-,17-,18+/m0/s1. The molecule has 0 unspecified atom stereocenters. The van der Waals surface area contributed by atoms with Crippen LogP contribution < -0.4 is 21.3 Å². The van der Waals surface area contributed by atoms with Gasteiger partial charge in [-0.2, -0.15) is 18.4 Å². The van der Waals surface area contributed by atoms with Crippen molar-refractivity contribution in [2.45, 2.75) is 57.9 Å². The summed E-state index contributed by atoms with van der Waals surface area (Å²) in [5.41, 5.74) is -0.882. The minimum atomic E-state index is -4.61. The fourth-order valence-corrected chi connectivity index (χ4v) is 5.56. The Bertz CT molecular complexity index is 978. The summed E-state index contributed by atoms with van der Waals surface area (Å²) in [6, 6.07) is -2.19. The topological polar surface area (TPSA) is 147 Å². The van der Waals surface area contributed by atoms with Crippen LogP contribution in [0.25, 0.3) is 0 Å².